The quantitative estimate of drug-likeness (QED) is 0.869. The van der Waals surface area contributed by atoms with Gasteiger partial charge in [-0.25, -0.2) is 5.01 Å². The summed E-state index contributed by atoms with van der Waals surface area (Å²) in [4.78, 5) is 12.8. The van der Waals surface area contributed by atoms with Crippen LogP contribution in [0.5, 0.6) is 0 Å². The van der Waals surface area contributed by atoms with Gasteiger partial charge in [0.1, 0.15) is 17.9 Å². The highest BCUT2D eigenvalue weighted by Gasteiger charge is 2.39. The van der Waals surface area contributed by atoms with Gasteiger partial charge in [-0.15, -0.1) is 0 Å². The van der Waals surface area contributed by atoms with Gasteiger partial charge in [-0.3, -0.25) is 4.79 Å². The molecule has 0 saturated carbocycles. The van der Waals surface area contributed by atoms with Crippen molar-refractivity contribution in [3.8, 4) is 0 Å². The first kappa shape index (κ1) is 15.1. The molecule has 0 aliphatic carbocycles. The molecule has 124 valence electrons. The highest BCUT2D eigenvalue weighted by molar-refractivity contribution is 6.03. The van der Waals surface area contributed by atoms with Crippen molar-refractivity contribution < 1.29 is 13.9 Å². The van der Waals surface area contributed by atoms with Crippen LogP contribution in [0.2, 0.25) is 0 Å². The van der Waals surface area contributed by atoms with E-state index in [1.807, 2.05) is 24.3 Å². The molecule has 1 amide bonds. The lowest BCUT2D eigenvalue weighted by Crippen LogP contribution is -2.35. The molecule has 0 N–H and O–H groups in total. The van der Waals surface area contributed by atoms with Crippen LogP contribution >= 0.6 is 0 Å². The van der Waals surface area contributed by atoms with Crippen molar-refractivity contribution in [1.29, 1.82) is 0 Å². The Morgan fingerprint density at radius 1 is 1.29 bits per heavy atom. The molecule has 2 aliphatic rings. The van der Waals surface area contributed by atoms with Crippen LogP contribution in [0.4, 0.5) is 0 Å². The number of hydrogen-bond acceptors (Lipinski definition) is 4. The minimum atomic E-state index is -0.386. The van der Waals surface area contributed by atoms with Gasteiger partial charge in [0.25, 0.3) is 5.91 Å². The van der Waals surface area contributed by atoms with Crippen LogP contribution in [0.1, 0.15) is 42.2 Å². The zero-order valence-corrected chi connectivity index (χ0v) is 13.6. The van der Waals surface area contributed by atoms with Crippen LogP contribution in [0.15, 0.2) is 52.2 Å². The van der Waals surface area contributed by atoms with Crippen molar-refractivity contribution in [2.45, 2.75) is 38.3 Å². The highest BCUT2D eigenvalue weighted by Crippen LogP contribution is 2.34. The number of benzene rings is 1. The first-order valence-electron chi connectivity index (χ1n) is 8.35. The van der Waals surface area contributed by atoms with Gasteiger partial charge in [0.2, 0.25) is 0 Å². The second kappa shape index (κ2) is 6.24. The summed E-state index contributed by atoms with van der Waals surface area (Å²) in [6.45, 7) is 2.70. The minimum absolute atomic E-state index is 0.0726. The maximum Gasteiger partial charge on any atom is 0.272 e. The summed E-state index contributed by atoms with van der Waals surface area (Å²) in [5.41, 5.74) is 3.13. The number of carbonyl (C=O) groups is 1. The van der Waals surface area contributed by atoms with Crippen molar-refractivity contribution in [2.24, 2.45) is 5.10 Å². The number of aryl methyl sites for hydroxylation is 1. The molecule has 4 rings (SSSR count). The Balaban J connectivity index is 1.67. The van der Waals surface area contributed by atoms with Crippen molar-refractivity contribution >= 4 is 11.6 Å². The molecule has 2 atom stereocenters. The van der Waals surface area contributed by atoms with Crippen LogP contribution in [0.25, 0.3) is 0 Å². The average molecular weight is 324 g/mol. The Hall–Kier alpha value is -2.40. The molecule has 0 spiro atoms. The summed E-state index contributed by atoms with van der Waals surface area (Å²) < 4.78 is 11.1. The molecule has 0 radical (unpaired) electrons. The smallest absolute Gasteiger partial charge is 0.272 e. The summed E-state index contributed by atoms with van der Waals surface area (Å²) in [7, 11) is 0. The van der Waals surface area contributed by atoms with Crippen molar-refractivity contribution in [3.05, 3.63) is 59.5 Å². The standard InChI is InChI=1S/C19H20N2O3/c1-13-5-2-6-14(11-13)15-12-16(17-7-3-9-23-17)21(20-15)19(22)18-8-4-10-24-18/h2-3,5-7,9,11,16,18H,4,8,10,12H2,1H3. The van der Waals surface area contributed by atoms with E-state index >= 15 is 0 Å². The molecule has 1 aromatic carbocycles. The minimum Gasteiger partial charge on any atom is -0.467 e. The average Bonchev–Trinajstić information content (AvgIpc) is 3.33. The van der Waals surface area contributed by atoms with Crippen molar-refractivity contribution in [3.63, 3.8) is 0 Å². The summed E-state index contributed by atoms with van der Waals surface area (Å²) in [6.07, 6.45) is 3.58. The second-order valence-corrected chi connectivity index (χ2v) is 6.34. The predicted molar refractivity (Wildman–Crippen MR) is 89.6 cm³/mol. The maximum atomic E-state index is 12.8. The van der Waals surface area contributed by atoms with Gasteiger partial charge in [0, 0.05) is 13.0 Å². The fourth-order valence-electron chi connectivity index (χ4n) is 3.34. The topological polar surface area (TPSA) is 55.0 Å². The van der Waals surface area contributed by atoms with Crippen LogP contribution in [-0.4, -0.2) is 29.3 Å². The first-order valence-corrected chi connectivity index (χ1v) is 8.35. The zero-order chi connectivity index (χ0) is 16.5. The lowest BCUT2D eigenvalue weighted by Gasteiger charge is -2.22. The van der Waals surface area contributed by atoms with E-state index < -0.39 is 0 Å². The summed E-state index contributed by atoms with van der Waals surface area (Å²) in [5.74, 6) is 0.685. The van der Waals surface area contributed by atoms with Gasteiger partial charge < -0.3 is 9.15 Å². The molecular weight excluding hydrogens is 304 g/mol. The number of hydrogen-bond donors (Lipinski definition) is 0. The van der Waals surface area contributed by atoms with E-state index in [4.69, 9.17) is 9.15 Å². The molecule has 2 aromatic rings. The maximum absolute atomic E-state index is 12.8. The number of nitrogens with zero attached hydrogens (tertiary/aromatic N) is 2. The van der Waals surface area contributed by atoms with Crippen molar-refractivity contribution in [1.82, 2.24) is 5.01 Å². The summed E-state index contributed by atoms with van der Waals surface area (Å²) >= 11 is 0. The SMILES string of the molecule is Cc1cccc(C2=NN(C(=O)C3CCCO3)C(c3ccco3)C2)c1. The molecule has 1 aromatic heterocycles. The van der Waals surface area contributed by atoms with Crippen LogP contribution in [0, 0.1) is 6.92 Å². The predicted octanol–water partition coefficient (Wildman–Crippen LogP) is 3.44. The Morgan fingerprint density at radius 2 is 2.21 bits per heavy atom. The van der Waals surface area contributed by atoms with Gasteiger partial charge >= 0.3 is 0 Å². The summed E-state index contributed by atoms with van der Waals surface area (Å²) in [6, 6.07) is 11.7. The first-order chi connectivity index (χ1) is 11.7. The molecule has 2 unspecified atom stereocenters. The number of carbonyl (C=O) groups excluding carboxylic acids is 1. The number of furan rings is 1. The molecule has 2 aliphatic heterocycles. The van der Waals surface area contributed by atoms with E-state index in [1.165, 1.54) is 5.56 Å². The monoisotopic (exact) mass is 324 g/mol. The largest absolute Gasteiger partial charge is 0.467 e. The van der Waals surface area contributed by atoms with E-state index in [2.05, 4.69) is 24.2 Å². The number of rotatable bonds is 3. The van der Waals surface area contributed by atoms with Gasteiger partial charge in [-0.05, 0) is 37.5 Å². The zero-order valence-electron chi connectivity index (χ0n) is 13.6. The Labute approximate surface area is 140 Å². The fraction of sp³-hybridized carbons (Fsp3) is 0.368. The highest BCUT2D eigenvalue weighted by atomic mass is 16.5. The van der Waals surface area contributed by atoms with Gasteiger partial charge in [0.05, 0.1) is 12.0 Å². The normalized spacial score (nSPS) is 23.5. The molecule has 1 saturated heterocycles. The van der Waals surface area contributed by atoms with Crippen LogP contribution in [-0.2, 0) is 9.53 Å². The van der Waals surface area contributed by atoms with E-state index in [-0.39, 0.29) is 18.1 Å². The third-order valence-corrected chi connectivity index (χ3v) is 4.56. The Morgan fingerprint density at radius 3 is 2.92 bits per heavy atom. The van der Waals surface area contributed by atoms with E-state index in [0.29, 0.717) is 13.0 Å². The Bertz CT molecular complexity index is 761. The molecule has 1 fully saturated rings. The molecule has 5 nitrogen and oxygen atoms in total. The molecular formula is C19H20N2O3. The number of amides is 1. The van der Waals surface area contributed by atoms with Gasteiger partial charge in [-0.1, -0.05) is 29.8 Å². The van der Waals surface area contributed by atoms with E-state index in [9.17, 15) is 4.79 Å². The Kier molecular flexibility index (Phi) is 3.94. The summed E-state index contributed by atoms with van der Waals surface area (Å²) in [5, 5.41) is 6.20. The molecule has 5 heteroatoms. The molecule has 0 bridgehead atoms. The molecule has 3 heterocycles. The van der Waals surface area contributed by atoms with E-state index in [1.54, 1.807) is 11.3 Å². The number of ether oxygens (including phenoxy) is 1. The third-order valence-electron chi connectivity index (χ3n) is 4.56. The second-order valence-electron chi connectivity index (χ2n) is 6.34. The van der Waals surface area contributed by atoms with E-state index in [0.717, 1.165) is 29.9 Å². The van der Waals surface area contributed by atoms with Gasteiger partial charge in [0.15, 0.2) is 0 Å². The van der Waals surface area contributed by atoms with Crippen LogP contribution in [0.3, 0.4) is 0 Å². The third kappa shape index (κ3) is 2.76. The van der Waals surface area contributed by atoms with Crippen molar-refractivity contribution in [2.75, 3.05) is 6.61 Å². The molecule has 24 heavy (non-hydrogen) atoms. The lowest BCUT2D eigenvalue weighted by atomic mass is 10.0. The fourth-order valence-corrected chi connectivity index (χ4v) is 3.34. The number of hydrazone groups is 1. The van der Waals surface area contributed by atoms with Crippen LogP contribution < -0.4 is 0 Å². The lowest BCUT2D eigenvalue weighted by molar-refractivity contribution is -0.143. The van der Waals surface area contributed by atoms with Gasteiger partial charge in [-0.2, -0.15) is 5.10 Å².